The molecule has 1 N–H and O–H groups in total. The molecule has 2 heterocycles. The summed E-state index contributed by atoms with van der Waals surface area (Å²) in [6.07, 6.45) is 1.74. The van der Waals surface area contributed by atoms with Crippen LogP contribution in [0.1, 0.15) is 11.7 Å². The zero-order valence-electron chi connectivity index (χ0n) is 9.30. The van der Waals surface area contributed by atoms with E-state index in [9.17, 15) is 0 Å². The molecule has 0 fully saturated rings. The molecule has 3 rings (SSSR count). The lowest BCUT2D eigenvalue weighted by Gasteiger charge is -2.00. The van der Waals surface area contributed by atoms with Gasteiger partial charge in [0.15, 0.2) is 10.7 Å². The molecule has 0 unspecified atom stereocenters. The molecule has 0 saturated carbocycles. The number of nitrogens with zero attached hydrogens (tertiary/aromatic N) is 2. The van der Waals surface area contributed by atoms with Gasteiger partial charge >= 0.3 is 0 Å². The average molecular weight is 245 g/mol. The van der Waals surface area contributed by atoms with Gasteiger partial charge in [0.2, 0.25) is 0 Å². The van der Waals surface area contributed by atoms with E-state index in [4.69, 9.17) is 16.6 Å². The number of imidazole rings is 1. The molecule has 5 heteroatoms. The Kier molecular flexibility index (Phi) is 2.33. The molecule has 0 atom stereocenters. The van der Waals surface area contributed by atoms with Crippen molar-refractivity contribution < 1.29 is 4.42 Å². The van der Waals surface area contributed by atoms with E-state index in [1.807, 2.05) is 35.8 Å². The number of rotatable bonds is 2. The Morgan fingerprint density at radius 1 is 1.41 bits per heavy atom. The average Bonchev–Trinajstić information content (AvgIpc) is 2.85. The molecule has 0 aliphatic carbocycles. The number of H-pyrrole nitrogens is 1. The van der Waals surface area contributed by atoms with Crippen LogP contribution in [0.5, 0.6) is 0 Å². The second kappa shape index (κ2) is 3.85. The van der Waals surface area contributed by atoms with Gasteiger partial charge in [-0.1, -0.05) is 12.1 Å². The Morgan fingerprint density at radius 3 is 3.00 bits per heavy atom. The monoisotopic (exact) mass is 245 g/mol. The summed E-state index contributed by atoms with van der Waals surface area (Å²) in [4.78, 5) is 7.25. The molecule has 17 heavy (non-hydrogen) atoms. The van der Waals surface area contributed by atoms with E-state index in [-0.39, 0.29) is 0 Å². The Labute approximate surface area is 103 Å². The van der Waals surface area contributed by atoms with E-state index in [0.29, 0.717) is 17.2 Å². The van der Waals surface area contributed by atoms with E-state index >= 15 is 0 Å². The highest BCUT2D eigenvalue weighted by molar-refractivity contribution is 7.71. The van der Waals surface area contributed by atoms with Gasteiger partial charge in [0, 0.05) is 6.92 Å². The summed E-state index contributed by atoms with van der Waals surface area (Å²) < 4.78 is 8.17. The van der Waals surface area contributed by atoms with Gasteiger partial charge in [-0.2, -0.15) is 0 Å². The van der Waals surface area contributed by atoms with Gasteiger partial charge < -0.3 is 14.0 Å². The van der Waals surface area contributed by atoms with E-state index in [1.165, 1.54) is 0 Å². The van der Waals surface area contributed by atoms with Crippen molar-refractivity contribution in [3.63, 3.8) is 0 Å². The van der Waals surface area contributed by atoms with Crippen LogP contribution in [0.4, 0.5) is 0 Å². The lowest BCUT2D eigenvalue weighted by molar-refractivity contribution is 0.464. The van der Waals surface area contributed by atoms with Gasteiger partial charge in [-0.3, -0.25) is 0 Å². The molecule has 1 aromatic carbocycles. The van der Waals surface area contributed by atoms with Crippen LogP contribution in [0.25, 0.3) is 11.0 Å². The van der Waals surface area contributed by atoms with Crippen molar-refractivity contribution in [3.05, 3.63) is 46.9 Å². The van der Waals surface area contributed by atoms with Crippen molar-refractivity contribution in [2.45, 2.75) is 13.5 Å². The fourth-order valence-electron chi connectivity index (χ4n) is 1.90. The lowest BCUT2D eigenvalue weighted by atomic mass is 10.3. The van der Waals surface area contributed by atoms with Crippen LogP contribution < -0.4 is 0 Å². The van der Waals surface area contributed by atoms with Crippen molar-refractivity contribution in [3.8, 4) is 0 Å². The number of benzene rings is 1. The van der Waals surface area contributed by atoms with E-state index < -0.39 is 0 Å². The van der Waals surface area contributed by atoms with Crippen molar-refractivity contribution in [1.82, 2.24) is 14.5 Å². The molecule has 0 bridgehead atoms. The molecule has 2 aromatic heterocycles. The molecule has 0 radical (unpaired) electrons. The number of oxazole rings is 1. The summed E-state index contributed by atoms with van der Waals surface area (Å²) in [5.74, 6) is 1.48. The summed E-state index contributed by atoms with van der Waals surface area (Å²) in [7, 11) is 0. The molecule has 86 valence electrons. The van der Waals surface area contributed by atoms with Gasteiger partial charge in [-0.05, 0) is 24.4 Å². The molecular formula is C12H11N3OS. The largest absolute Gasteiger partial charge is 0.444 e. The Hall–Kier alpha value is -1.88. The summed E-state index contributed by atoms with van der Waals surface area (Å²) >= 11 is 5.30. The first kappa shape index (κ1) is 10.3. The van der Waals surface area contributed by atoms with Gasteiger partial charge in [0.1, 0.15) is 5.76 Å². The van der Waals surface area contributed by atoms with Crippen molar-refractivity contribution in [2.75, 3.05) is 0 Å². The topological polar surface area (TPSA) is 46.8 Å². The number of fused-ring (bicyclic) bond motifs is 1. The number of nitrogens with one attached hydrogen (secondary N) is 1. The predicted molar refractivity (Wildman–Crippen MR) is 67.5 cm³/mol. The minimum Gasteiger partial charge on any atom is -0.444 e. The van der Waals surface area contributed by atoms with Gasteiger partial charge in [-0.15, -0.1) is 0 Å². The van der Waals surface area contributed by atoms with Crippen LogP contribution in [0.2, 0.25) is 0 Å². The first-order valence-corrected chi connectivity index (χ1v) is 5.74. The molecule has 0 amide bonds. The summed E-state index contributed by atoms with van der Waals surface area (Å²) in [6.45, 7) is 2.43. The summed E-state index contributed by atoms with van der Waals surface area (Å²) in [5.41, 5.74) is 2.11. The maximum absolute atomic E-state index is 5.47. The maximum atomic E-state index is 5.47. The SMILES string of the molecule is Cc1ncc(Cn2c(=S)[nH]c3ccccc32)o1. The number of hydrogen-bond acceptors (Lipinski definition) is 3. The number of hydrogen-bond donors (Lipinski definition) is 1. The molecule has 3 aromatic rings. The third kappa shape index (κ3) is 1.78. The Morgan fingerprint density at radius 2 is 2.24 bits per heavy atom. The van der Waals surface area contributed by atoms with Crippen LogP contribution in [0, 0.1) is 11.7 Å². The van der Waals surface area contributed by atoms with E-state index in [1.54, 1.807) is 6.20 Å². The summed E-state index contributed by atoms with van der Waals surface area (Å²) in [6, 6.07) is 8.02. The van der Waals surface area contributed by atoms with Gasteiger partial charge in [0.05, 0.1) is 23.8 Å². The first-order valence-electron chi connectivity index (χ1n) is 5.33. The van der Waals surface area contributed by atoms with Crippen LogP contribution in [-0.4, -0.2) is 14.5 Å². The Bertz CT molecular complexity index is 723. The number of aromatic amines is 1. The van der Waals surface area contributed by atoms with Crippen molar-refractivity contribution in [2.24, 2.45) is 0 Å². The van der Waals surface area contributed by atoms with Crippen LogP contribution in [0.15, 0.2) is 34.9 Å². The summed E-state index contributed by atoms with van der Waals surface area (Å²) in [5, 5.41) is 0. The normalized spacial score (nSPS) is 11.1. The highest BCUT2D eigenvalue weighted by Crippen LogP contribution is 2.15. The minimum atomic E-state index is 0.601. The molecule has 4 nitrogen and oxygen atoms in total. The fourth-order valence-corrected chi connectivity index (χ4v) is 2.17. The first-order chi connectivity index (χ1) is 8.24. The maximum Gasteiger partial charge on any atom is 0.191 e. The Balaban J connectivity index is 2.11. The van der Waals surface area contributed by atoms with E-state index in [2.05, 4.69) is 9.97 Å². The zero-order chi connectivity index (χ0) is 11.8. The van der Waals surface area contributed by atoms with Gasteiger partial charge in [-0.25, -0.2) is 4.98 Å². The second-order valence-corrected chi connectivity index (χ2v) is 4.27. The minimum absolute atomic E-state index is 0.601. The zero-order valence-corrected chi connectivity index (χ0v) is 10.1. The molecular weight excluding hydrogens is 234 g/mol. The molecule has 0 spiro atoms. The van der Waals surface area contributed by atoms with Crippen molar-refractivity contribution >= 4 is 23.3 Å². The van der Waals surface area contributed by atoms with Crippen LogP contribution >= 0.6 is 12.2 Å². The number of aryl methyl sites for hydroxylation is 1. The number of aromatic nitrogens is 3. The highest BCUT2D eigenvalue weighted by atomic mass is 32.1. The standard InChI is InChI=1S/C12H11N3OS/c1-8-13-6-9(16-8)7-15-11-5-3-2-4-10(11)14-12(15)17/h2-6H,7H2,1H3,(H,14,17). The molecule has 0 saturated heterocycles. The van der Waals surface area contributed by atoms with E-state index in [0.717, 1.165) is 16.8 Å². The number of para-hydroxylation sites is 2. The lowest BCUT2D eigenvalue weighted by Crippen LogP contribution is -1.98. The third-order valence-electron chi connectivity index (χ3n) is 2.66. The quantitative estimate of drug-likeness (QED) is 0.706. The second-order valence-electron chi connectivity index (χ2n) is 3.88. The fraction of sp³-hybridized carbons (Fsp3) is 0.167. The highest BCUT2D eigenvalue weighted by Gasteiger charge is 2.06. The third-order valence-corrected chi connectivity index (χ3v) is 2.99. The molecule has 0 aliphatic heterocycles. The van der Waals surface area contributed by atoms with Crippen molar-refractivity contribution in [1.29, 1.82) is 0 Å². The van der Waals surface area contributed by atoms with Crippen LogP contribution in [-0.2, 0) is 6.54 Å². The molecule has 0 aliphatic rings. The smallest absolute Gasteiger partial charge is 0.191 e. The predicted octanol–water partition coefficient (Wildman–Crippen LogP) is 3.04. The van der Waals surface area contributed by atoms with Gasteiger partial charge in [0.25, 0.3) is 0 Å². The van der Waals surface area contributed by atoms with Crippen LogP contribution in [0.3, 0.4) is 0 Å².